The summed E-state index contributed by atoms with van der Waals surface area (Å²) in [6, 6.07) is 0. The van der Waals surface area contributed by atoms with Crippen LogP contribution in [0.3, 0.4) is 0 Å². The number of likely N-dealkylation sites (tertiary alicyclic amines) is 1. The van der Waals surface area contributed by atoms with E-state index in [1.807, 2.05) is 17.1 Å². The third kappa shape index (κ3) is 2.31. The molecule has 1 fully saturated rings. The van der Waals surface area contributed by atoms with E-state index in [1.165, 1.54) is 19.5 Å². The van der Waals surface area contributed by atoms with E-state index in [-0.39, 0.29) is 0 Å². The van der Waals surface area contributed by atoms with Crippen molar-refractivity contribution < 1.29 is 0 Å². The molecule has 0 unspecified atom stereocenters. The van der Waals surface area contributed by atoms with Gasteiger partial charge in [0.25, 0.3) is 0 Å². The zero-order valence-electron chi connectivity index (χ0n) is 7.78. The molecule has 0 radical (unpaired) electrons. The highest BCUT2D eigenvalue weighted by molar-refractivity contribution is 9.10. The van der Waals surface area contributed by atoms with E-state index in [9.17, 15) is 0 Å². The van der Waals surface area contributed by atoms with Gasteiger partial charge < -0.3 is 4.90 Å². The summed E-state index contributed by atoms with van der Waals surface area (Å²) in [6.07, 6.45) is 5.19. The van der Waals surface area contributed by atoms with E-state index in [4.69, 9.17) is 0 Å². The Balaban J connectivity index is 1.91. The molecule has 1 aliphatic rings. The molecule has 0 bridgehead atoms. The Morgan fingerprint density at radius 3 is 3.08 bits per heavy atom. The molecule has 1 aliphatic heterocycles. The van der Waals surface area contributed by atoms with Crippen LogP contribution >= 0.6 is 15.9 Å². The first-order chi connectivity index (χ1) is 6.24. The van der Waals surface area contributed by atoms with Crippen LogP contribution in [0.2, 0.25) is 0 Å². The minimum Gasteiger partial charge on any atom is -0.306 e. The number of rotatable bonds is 2. The molecule has 0 aromatic carbocycles. The van der Waals surface area contributed by atoms with E-state index >= 15 is 0 Å². The van der Waals surface area contributed by atoms with E-state index in [2.05, 4.69) is 33.0 Å². The Morgan fingerprint density at radius 1 is 1.69 bits per heavy atom. The van der Waals surface area contributed by atoms with Crippen molar-refractivity contribution >= 4 is 15.9 Å². The van der Waals surface area contributed by atoms with Crippen LogP contribution in [0.25, 0.3) is 0 Å². The quantitative estimate of drug-likeness (QED) is 0.787. The van der Waals surface area contributed by atoms with E-state index < -0.39 is 0 Å². The fraction of sp³-hybridized carbons (Fsp3) is 0.667. The van der Waals surface area contributed by atoms with Gasteiger partial charge in [-0.1, -0.05) is 0 Å². The van der Waals surface area contributed by atoms with E-state index in [1.54, 1.807) is 0 Å². The molecule has 4 heteroatoms. The predicted molar refractivity (Wildman–Crippen MR) is 55.5 cm³/mol. The van der Waals surface area contributed by atoms with Gasteiger partial charge in [-0.05, 0) is 41.9 Å². The first-order valence-electron chi connectivity index (χ1n) is 4.60. The van der Waals surface area contributed by atoms with Crippen molar-refractivity contribution in [2.24, 2.45) is 5.92 Å². The van der Waals surface area contributed by atoms with Crippen molar-refractivity contribution in [3.8, 4) is 0 Å². The molecule has 1 saturated heterocycles. The largest absolute Gasteiger partial charge is 0.306 e. The highest BCUT2D eigenvalue weighted by Gasteiger charge is 2.19. The Kier molecular flexibility index (Phi) is 2.69. The van der Waals surface area contributed by atoms with Crippen LogP contribution in [0.1, 0.15) is 6.42 Å². The second-order valence-electron chi connectivity index (χ2n) is 3.80. The summed E-state index contributed by atoms with van der Waals surface area (Å²) in [6.45, 7) is 3.49. The molecule has 2 rings (SSSR count). The first kappa shape index (κ1) is 9.21. The highest BCUT2D eigenvalue weighted by Crippen LogP contribution is 2.17. The first-order valence-corrected chi connectivity index (χ1v) is 5.40. The molecule has 0 saturated carbocycles. The van der Waals surface area contributed by atoms with Gasteiger partial charge in [0.05, 0.1) is 10.7 Å². The summed E-state index contributed by atoms with van der Waals surface area (Å²) in [5, 5.41) is 4.26. The van der Waals surface area contributed by atoms with Gasteiger partial charge in [0, 0.05) is 19.3 Å². The van der Waals surface area contributed by atoms with Gasteiger partial charge in [-0.15, -0.1) is 0 Å². The minimum absolute atomic E-state index is 0.775. The van der Waals surface area contributed by atoms with Crippen molar-refractivity contribution in [2.75, 3.05) is 20.1 Å². The molecule has 1 aromatic heterocycles. The third-order valence-electron chi connectivity index (χ3n) is 2.54. The monoisotopic (exact) mass is 243 g/mol. The number of halogens is 1. The third-order valence-corrected chi connectivity index (χ3v) is 2.95. The van der Waals surface area contributed by atoms with Gasteiger partial charge in [-0.3, -0.25) is 4.68 Å². The summed E-state index contributed by atoms with van der Waals surface area (Å²) in [4.78, 5) is 2.38. The fourth-order valence-electron chi connectivity index (χ4n) is 1.88. The molecule has 2 heterocycles. The zero-order valence-corrected chi connectivity index (χ0v) is 9.37. The Bertz CT molecular complexity index is 284. The molecule has 1 aromatic rings. The summed E-state index contributed by atoms with van der Waals surface area (Å²) in [5.41, 5.74) is 0. The highest BCUT2D eigenvalue weighted by atomic mass is 79.9. The Labute approximate surface area is 86.8 Å². The predicted octanol–water partition coefficient (Wildman–Crippen LogP) is 1.60. The standard InChI is InChI=1S/C9H14BrN3/c1-12-3-2-8(5-12)6-13-7-9(10)4-11-13/h4,7-8H,2-3,5-6H2,1H3/t8-/m0/s1. The van der Waals surface area contributed by atoms with Crippen LogP contribution in [-0.4, -0.2) is 34.8 Å². The van der Waals surface area contributed by atoms with Gasteiger partial charge in [0.1, 0.15) is 0 Å². The molecule has 72 valence electrons. The second kappa shape index (κ2) is 3.80. The summed E-state index contributed by atoms with van der Waals surface area (Å²) in [7, 11) is 2.18. The average Bonchev–Trinajstić information content (AvgIpc) is 2.62. The Morgan fingerprint density at radius 2 is 2.54 bits per heavy atom. The van der Waals surface area contributed by atoms with Crippen molar-refractivity contribution in [1.82, 2.24) is 14.7 Å². The number of nitrogens with zero attached hydrogens (tertiary/aromatic N) is 3. The second-order valence-corrected chi connectivity index (χ2v) is 4.71. The van der Waals surface area contributed by atoms with Gasteiger partial charge >= 0.3 is 0 Å². The molecular formula is C9H14BrN3. The molecular weight excluding hydrogens is 230 g/mol. The molecule has 13 heavy (non-hydrogen) atoms. The van der Waals surface area contributed by atoms with Crippen molar-refractivity contribution in [3.05, 3.63) is 16.9 Å². The lowest BCUT2D eigenvalue weighted by Crippen LogP contribution is -2.17. The molecule has 0 N–H and O–H groups in total. The Hall–Kier alpha value is -0.350. The van der Waals surface area contributed by atoms with Gasteiger partial charge in [0.15, 0.2) is 0 Å². The van der Waals surface area contributed by atoms with Crippen molar-refractivity contribution in [2.45, 2.75) is 13.0 Å². The maximum absolute atomic E-state index is 4.26. The van der Waals surface area contributed by atoms with Crippen LogP contribution in [0.5, 0.6) is 0 Å². The number of aromatic nitrogens is 2. The summed E-state index contributed by atoms with van der Waals surface area (Å²) < 4.78 is 3.09. The molecule has 3 nitrogen and oxygen atoms in total. The molecule has 1 atom stereocenters. The van der Waals surface area contributed by atoms with Gasteiger partial charge in [-0.2, -0.15) is 5.10 Å². The van der Waals surface area contributed by atoms with Crippen molar-refractivity contribution in [3.63, 3.8) is 0 Å². The normalized spacial score (nSPS) is 24.0. The van der Waals surface area contributed by atoms with Crippen LogP contribution in [-0.2, 0) is 6.54 Å². The minimum atomic E-state index is 0.775. The van der Waals surface area contributed by atoms with Gasteiger partial charge in [-0.25, -0.2) is 0 Å². The zero-order chi connectivity index (χ0) is 9.26. The summed E-state index contributed by atoms with van der Waals surface area (Å²) in [5.74, 6) is 0.775. The lowest BCUT2D eigenvalue weighted by atomic mass is 10.1. The number of hydrogen-bond donors (Lipinski definition) is 0. The van der Waals surface area contributed by atoms with E-state index in [0.717, 1.165) is 16.9 Å². The number of hydrogen-bond acceptors (Lipinski definition) is 2. The lowest BCUT2D eigenvalue weighted by molar-refractivity contribution is 0.370. The average molecular weight is 244 g/mol. The lowest BCUT2D eigenvalue weighted by Gasteiger charge is -2.09. The van der Waals surface area contributed by atoms with Crippen LogP contribution < -0.4 is 0 Å². The topological polar surface area (TPSA) is 21.1 Å². The maximum atomic E-state index is 4.26. The fourth-order valence-corrected chi connectivity index (χ4v) is 2.21. The smallest absolute Gasteiger partial charge is 0.0632 e. The maximum Gasteiger partial charge on any atom is 0.0632 e. The van der Waals surface area contributed by atoms with Crippen LogP contribution in [0.15, 0.2) is 16.9 Å². The van der Waals surface area contributed by atoms with Gasteiger partial charge in [0.2, 0.25) is 0 Å². The summed E-state index contributed by atoms with van der Waals surface area (Å²) >= 11 is 3.40. The SMILES string of the molecule is CN1CC[C@H](Cn2cc(Br)cn2)C1. The van der Waals surface area contributed by atoms with E-state index in [0.29, 0.717) is 0 Å². The van der Waals surface area contributed by atoms with Crippen molar-refractivity contribution in [1.29, 1.82) is 0 Å². The molecule has 0 amide bonds. The molecule has 0 aliphatic carbocycles. The molecule has 0 spiro atoms. The van der Waals surface area contributed by atoms with Crippen LogP contribution in [0.4, 0.5) is 0 Å². The van der Waals surface area contributed by atoms with Crippen LogP contribution in [0, 0.1) is 5.92 Å².